The van der Waals surface area contributed by atoms with Gasteiger partial charge in [0.25, 0.3) is 0 Å². The first-order chi connectivity index (χ1) is 7.18. The van der Waals surface area contributed by atoms with E-state index in [-0.39, 0.29) is 12.4 Å². The molecule has 3 heteroatoms. The Kier molecular flexibility index (Phi) is 8.63. The number of allylic oxidation sites excluding steroid dienone is 3. The predicted octanol–water partition coefficient (Wildman–Crippen LogP) is 2.96. The van der Waals surface area contributed by atoms with Crippen molar-refractivity contribution >= 4 is 12.4 Å². The molecule has 0 unspecified atom stereocenters. The van der Waals surface area contributed by atoms with E-state index >= 15 is 0 Å². The van der Waals surface area contributed by atoms with Crippen LogP contribution in [-0.2, 0) is 0 Å². The van der Waals surface area contributed by atoms with Crippen LogP contribution in [0.15, 0.2) is 23.3 Å². The van der Waals surface area contributed by atoms with Crippen molar-refractivity contribution in [3.63, 3.8) is 0 Å². The maximum atomic E-state index is 3.34. The average Bonchev–Trinajstić information content (AvgIpc) is 2.66. The number of nitrogens with zero attached hydrogens (tertiary/aromatic N) is 1. The monoisotopic (exact) mass is 244 g/mol. The predicted molar refractivity (Wildman–Crippen MR) is 74.1 cm³/mol. The highest BCUT2D eigenvalue weighted by atomic mass is 35.5. The molecule has 94 valence electrons. The number of hydrogen-bond donors (Lipinski definition) is 1. The van der Waals surface area contributed by atoms with E-state index in [1.807, 2.05) is 0 Å². The number of halogens is 1. The quantitative estimate of drug-likeness (QED) is 0.749. The Bertz CT molecular complexity index is 236. The first kappa shape index (κ1) is 15.7. The molecular formula is C13H25ClN2. The molecule has 1 aliphatic rings. The van der Waals surface area contributed by atoms with Crippen molar-refractivity contribution in [1.82, 2.24) is 10.2 Å². The lowest BCUT2D eigenvalue weighted by molar-refractivity contribution is 0.371. The summed E-state index contributed by atoms with van der Waals surface area (Å²) < 4.78 is 0. The lowest BCUT2D eigenvalue weighted by Crippen LogP contribution is -2.22. The van der Waals surface area contributed by atoms with Gasteiger partial charge in [0.05, 0.1) is 0 Å². The van der Waals surface area contributed by atoms with Gasteiger partial charge in [0.15, 0.2) is 0 Å². The number of hydrogen-bond acceptors (Lipinski definition) is 2. The Hall–Kier alpha value is -0.310. The fraction of sp³-hybridized carbons (Fsp3) is 0.692. The summed E-state index contributed by atoms with van der Waals surface area (Å²) in [7, 11) is 0. The molecule has 1 fully saturated rings. The molecule has 0 aromatic rings. The third-order valence-electron chi connectivity index (χ3n) is 2.73. The molecule has 0 spiro atoms. The summed E-state index contributed by atoms with van der Waals surface area (Å²) in [5.74, 6) is 0. The highest BCUT2D eigenvalue weighted by Gasteiger charge is 2.07. The molecule has 0 bridgehead atoms. The molecule has 1 heterocycles. The van der Waals surface area contributed by atoms with Gasteiger partial charge in [-0.1, -0.05) is 23.3 Å². The van der Waals surface area contributed by atoms with Crippen LogP contribution in [-0.4, -0.2) is 31.2 Å². The van der Waals surface area contributed by atoms with Crippen molar-refractivity contribution in [3.05, 3.63) is 23.3 Å². The second kappa shape index (κ2) is 8.80. The Labute approximate surface area is 106 Å². The van der Waals surface area contributed by atoms with Crippen LogP contribution >= 0.6 is 12.4 Å². The minimum absolute atomic E-state index is 0. The van der Waals surface area contributed by atoms with Crippen LogP contribution in [0.5, 0.6) is 0 Å². The SMILES string of the molecule is CC(C)=CCC/C(C)=C/CN1CCNC1.Cl. The maximum Gasteiger partial charge on any atom is 0.0484 e. The van der Waals surface area contributed by atoms with Crippen LogP contribution in [0.2, 0.25) is 0 Å². The molecule has 0 saturated carbocycles. The van der Waals surface area contributed by atoms with E-state index in [1.165, 1.54) is 30.5 Å². The van der Waals surface area contributed by atoms with Crippen molar-refractivity contribution in [2.24, 2.45) is 0 Å². The Morgan fingerprint density at radius 1 is 1.25 bits per heavy atom. The summed E-state index contributed by atoms with van der Waals surface area (Å²) in [6.45, 7) is 11.1. The highest BCUT2D eigenvalue weighted by molar-refractivity contribution is 5.85. The van der Waals surface area contributed by atoms with Gasteiger partial charge < -0.3 is 5.32 Å². The van der Waals surface area contributed by atoms with Crippen LogP contribution < -0.4 is 5.32 Å². The molecule has 1 aliphatic heterocycles. The van der Waals surface area contributed by atoms with E-state index in [0.29, 0.717) is 0 Å². The van der Waals surface area contributed by atoms with Crippen molar-refractivity contribution in [2.75, 3.05) is 26.3 Å². The average molecular weight is 245 g/mol. The Balaban J connectivity index is 0.00000225. The summed E-state index contributed by atoms with van der Waals surface area (Å²) in [6, 6.07) is 0. The van der Waals surface area contributed by atoms with E-state index in [0.717, 1.165) is 19.8 Å². The van der Waals surface area contributed by atoms with Crippen LogP contribution in [0, 0.1) is 0 Å². The van der Waals surface area contributed by atoms with Crippen LogP contribution in [0.1, 0.15) is 33.6 Å². The standard InChI is InChI=1S/C13H24N2.ClH/c1-12(2)5-4-6-13(3)7-9-15-10-8-14-11-15;/h5,7,14H,4,6,8-11H2,1-3H3;1H/b13-7+;. The molecule has 0 aromatic heterocycles. The topological polar surface area (TPSA) is 15.3 Å². The van der Waals surface area contributed by atoms with E-state index in [1.54, 1.807) is 0 Å². The van der Waals surface area contributed by atoms with Gasteiger partial charge in [0.1, 0.15) is 0 Å². The highest BCUT2D eigenvalue weighted by Crippen LogP contribution is 2.07. The van der Waals surface area contributed by atoms with Gasteiger partial charge >= 0.3 is 0 Å². The molecule has 0 radical (unpaired) electrons. The van der Waals surface area contributed by atoms with Crippen molar-refractivity contribution in [3.8, 4) is 0 Å². The zero-order chi connectivity index (χ0) is 11.1. The molecule has 0 amide bonds. The lowest BCUT2D eigenvalue weighted by Gasteiger charge is -2.10. The van der Waals surface area contributed by atoms with Gasteiger partial charge in [0, 0.05) is 26.3 Å². The van der Waals surface area contributed by atoms with Gasteiger partial charge in [-0.05, 0) is 33.6 Å². The third-order valence-corrected chi connectivity index (χ3v) is 2.73. The zero-order valence-electron chi connectivity index (χ0n) is 10.8. The minimum Gasteiger partial charge on any atom is -0.303 e. The second-order valence-corrected chi connectivity index (χ2v) is 4.61. The first-order valence-corrected chi connectivity index (χ1v) is 5.90. The van der Waals surface area contributed by atoms with Gasteiger partial charge in [0.2, 0.25) is 0 Å². The van der Waals surface area contributed by atoms with E-state index in [4.69, 9.17) is 0 Å². The first-order valence-electron chi connectivity index (χ1n) is 5.90. The summed E-state index contributed by atoms with van der Waals surface area (Å²) in [5, 5.41) is 3.34. The lowest BCUT2D eigenvalue weighted by atomic mass is 10.1. The van der Waals surface area contributed by atoms with Gasteiger partial charge in [-0.2, -0.15) is 0 Å². The number of rotatable bonds is 5. The smallest absolute Gasteiger partial charge is 0.0484 e. The Morgan fingerprint density at radius 3 is 2.56 bits per heavy atom. The number of nitrogens with one attached hydrogen (secondary N) is 1. The summed E-state index contributed by atoms with van der Waals surface area (Å²) in [6.07, 6.45) is 7.07. The van der Waals surface area contributed by atoms with Gasteiger partial charge in [-0.15, -0.1) is 12.4 Å². The summed E-state index contributed by atoms with van der Waals surface area (Å²) in [5.41, 5.74) is 2.94. The fourth-order valence-corrected chi connectivity index (χ4v) is 1.68. The Morgan fingerprint density at radius 2 is 2.00 bits per heavy atom. The van der Waals surface area contributed by atoms with Crippen molar-refractivity contribution < 1.29 is 0 Å². The fourth-order valence-electron chi connectivity index (χ4n) is 1.68. The minimum atomic E-state index is 0. The van der Waals surface area contributed by atoms with Crippen LogP contribution in [0.25, 0.3) is 0 Å². The largest absolute Gasteiger partial charge is 0.303 e. The van der Waals surface area contributed by atoms with Crippen LogP contribution in [0.4, 0.5) is 0 Å². The van der Waals surface area contributed by atoms with E-state index < -0.39 is 0 Å². The van der Waals surface area contributed by atoms with Crippen molar-refractivity contribution in [1.29, 1.82) is 0 Å². The molecule has 0 aliphatic carbocycles. The van der Waals surface area contributed by atoms with E-state index in [2.05, 4.69) is 43.1 Å². The second-order valence-electron chi connectivity index (χ2n) is 4.61. The zero-order valence-corrected chi connectivity index (χ0v) is 11.6. The summed E-state index contributed by atoms with van der Waals surface area (Å²) >= 11 is 0. The molecule has 1 saturated heterocycles. The normalized spacial score (nSPS) is 17.1. The van der Waals surface area contributed by atoms with Gasteiger partial charge in [-0.25, -0.2) is 0 Å². The molecule has 2 nitrogen and oxygen atoms in total. The van der Waals surface area contributed by atoms with Crippen molar-refractivity contribution in [2.45, 2.75) is 33.6 Å². The molecular weight excluding hydrogens is 220 g/mol. The van der Waals surface area contributed by atoms with Crippen LogP contribution in [0.3, 0.4) is 0 Å². The molecule has 1 N–H and O–H groups in total. The molecule has 1 rings (SSSR count). The molecule has 16 heavy (non-hydrogen) atoms. The summed E-state index contributed by atoms with van der Waals surface area (Å²) in [4.78, 5) is 2.43. The van der Waals surface area contributed by atoms with Gasteiger partial charge in [-0.3, -0.25) is 4.90 Å². The maximum absolute atomic E-state index is 3.34. The van der Waals surface area contributed by atoms with E-state index in [9.17, 15) is 0 Å². The molecule has 0 aromatic carbocycles. The third kappa shape index (κ3) is 7.04. The molecule has 0 atom stereocenters.